The van der Waals surface area contributed by atoms with Gasteiger partial charge in [-0.3, -0.25) is 4.79 Å². The lowest BCUT2D eigenvalue weighted by molar-refractivity contribution is -0.379. The van der Waals surface area contributed by atoms with Gasteiger partial charge >= 0.3 is 0 Å². The van der Waals surface area contributed by atoms with E-state index in [4.69, 9.17) is 28.4 Å². The Bertz CT molecular complexity index is 1600. The van der Waals surface area contributed by atoms with Gasteiger partial charge in [-0.05, 0) is 39.0 Å². The van der Waals surface area contributed by atoms with E-state index >= 15 is 0 Å². The number of ether oxygens (including phenoxy) is 6. The van der Waals surface area contributed by atoms with Crippen molar-refractivity contribution in [3.63, 3.8) is 0 Å². The number of hydrogen-bond donors (Lipinski definition) is 12. The summed E-state index contributed by atoms with van der Waals surface area (Å²) in [4.78, 5) is 13.3. The van der Waals surface area contributed by atoms with Crippen molar-refractivity contribution in [3.8, 4) is 0 Å². The predicted octanol–water partition coefficient (Wildman–Crippen LogP) is 6.10. The first-order valence-corrected chi connectivity index (χ1v) is 31.2. The molecule has 0 spiro atoms. The summed E-state index contributed by atoms with van der Waals surface area (Å²) in [6.45, 7) is 1.46. The molecule has 3 aliphatic rings. The third-order valence-electron chi connectivity index (χ3n) is 15.8. The van der Waals surface area contributed by atoms with E-state index in [2.05, 4.69) is 30.5 Å². The van der Waals surface area contributed by atoms with Crippen LogP contribution in [-0.2, 0) is 33.2 Å². The van der Waals surface area contributed by atoms with Crippen LogP contribution in [0.3, 0.4) is 0 Å². The molecule has 17 atom stereocenters. The lowest BCUT2D eigenvalue weighted by Gasteiger charge is -2.48. The van der Waals surface area contributed by atoms with Crippen LogP contribution in [0.2, 0.25) is 0 Å². The highest BCUT2D eigenvalue weighted by atomic mass is 16.8. The third kappa shape index (κ3) is 27.8. The number of unbranched alkanes of at least 4 members (excludes halogenated alkanes) is 27. The van der Waals surface area contributed by atoms with Crippen LogP contribution in [0.5, 0.6) is 0 Å². The van der Waals surface area contributed by atoms with Crippen LogP contribution in [0, 0.1) is 0 Å². The van der Waals surface area contributed by atoms with Crippen molar-refractivity contribution in [3.05, 3.63) is 36.5 Å². The SMILES string of the molecule is C/C=C/CC/C=C/CC/C=C/C(O)C(COC1OC(CO)C(OC2OC(CO)C(OC3OC(CO)C(O)C(O)C3O)C(O)C2O)C(O)C1O)NC(=O)CCCCCCCCCCCCCCCCCCCCCCCCCCCC. The molecule has 0 radical (unpaired) electrons. The number of carbonyl (C=O) groups is 1. The largest absolute Gasteiger partial charge is 0.394 e. The Balaban J connectivity index is 1.40. The van der Waals surface area contributed by atoms with Gasteiger partial charge in [0.2, 0.25) is 5.91 Å². The first-order valence-electron chi connectivity index (χ1n) is 31.2. The quantitative estimate of drug-likeness (QED) is 0.0242. The van der Waals surface area contributed by atoms with E-state index in [0.717, 1.165) is 38.5 Å². The molecule has 0 aromatic heterocycles. The van der Waals surface area contributed by atoms with Crippen LogP contribution in [-0.4, -0.2) is 193 Å². The number of carbonyl (C=O) groups excluding carboxylic acids is 1. The number of rotatable bonds is 46. The fourth-order valence-corrected chi connectivity index (χ4v) is 10.6. The molecule has 468 valence electrons. The molecule has 0 saturated carbocycles. The van der Waals surface area contributed by atoms with Gasteiger partial charge in [0, 0.05) is 6.42 Å². The van der Waals surface area contributed by atoms with E-state index in [-0.39, 0.29) is 18.9 Å². The highest BCUT2D eigenvalue weighted by Crippen LogP contribution is 2.33. The van der Waals surface area contributed by atoms with Gasteiger partial charge in [0.25, 0.3) is 0 Å². The lowest BCUT2D eigenvalue weighted by atomic mass is 9.96. The van der Waals surface area contributed by atoms with Crippen molar-refractivity contribution in [2.24, 2.45) is 0 Å². The van der Waals surface area contributed by atoms with Crippen LogP contribution in [0.4, 0.5) is 0 Å². The topological polar surface area (TPSA) is 307 Å². The molecule has 3 heterocycles. The highest BCUT2D eigenvalue weighted by molar-refractivity contribution is 5.76. The minimum absolute atomic E-state index is 0.235. The molecule has 80 heavy (non-hydrogen) atoms. The Morgan fingerprint density at radius 1 is 0.463 bits per heavy atom. The number of nitrogens with one attached hydrogen (secondary N) is 1. The first kappa shape index (κ1) is 72.3. The standard InChI is InChI=1S/C61H111NO18/c1-3-5-7-9-11-13-14-15-16-17-18-19-20-21-22-23-24-25-26-27-28-29-31-33-35-37-39-49(67)62-44(45(66)38-36-34-32-30-12-10-8-6-4-2)43-75-59-55(73)52(70)57(47(41-64)77-59)80-61-56(74)53(71)58(48(42-65)78-61)79-60-54(72)51(69)50(68)46(40-63)76-60/h4,6,12,30,36,38,44-48,50-61,63-66,68-74H,3,5,7-11,13-29,31-35,37,39-43H2,1-2H3,(H,62,67)/b6-4+,30-12+,38-36+. The number of aliphatic hydroxyl groups excluding tert-OH is 11. The van der Waals surface area contributed by atoms with Crippen molar-refractivity contribution < 1.29 is 89.4 Å². The van der Waals surface area contributed by atoms with Gasteiger partial charge in [-0.15, -0.1) is 0 Å². The van der Waals surface area contributed by atoms with Crippen molar-refractivity contribution in [1.29, 1.82) is 0 Å². The van der Waals surface area contributed by atoms with Crippen LogP contribution in [0.15, 0.2) is 36.5 Å². The Labute approximate surface area is 479 Å². The molecule has 19 nitrogen and oxygen atoms in total. The molecule has 1 amide bonds. The minimum Gasteiger partial charge on any atom is -0.394 e. The molecular formula is C61H111NO18. The monoisotopic (exact) mass is 1150 g/mol. The van der Waals surface area contributed by atoms with Crippen LogP contribution in [0.1, 0.15) is 213 Å². The molecule has 3 saturated heterocycles. The molecule has 0 aromatic carbocycles. The van der Waals surface area contributed by atoms with Crippen molar-refractivity contribution in [2.45, 2.75) is 317 Å². The number of aliphatic hydroxyl groups is 11. The van der Waals surface area contributed by atoms with E-state index in [1.165, 1.54) is 141 Å². The fourth-order valence-electron chi connectivity index (χ4n) is 10.6. The molecule has 12 N–H and O–H groups in total. The van der Waals surface area contributed by atoms with Gasteiger partial charge in [-0.2, -0.15) is 0 Å². The highest BCUT2D eigenvalue weighted by Gasteiger charge is 2.53. The Morgan fingerprint density at radius 3 is 1.25 bits per heavy atom. The molecule has 0 aliphatic carbocycles. The summed E-state index contributed by atoms with van der Waals surface area (Å²) in [5.74, 6) is -0.290. The minimum atomic E-state index is -1.98. The summed E-state index contributed by atoms with van der Waals surface area (Å²) in [7, 11) is 0. The van der Waals surface area contributed by atoms with Crippen molar-refractivity contribution in [1.82, 2.24) is 5.32 Å². The number of amides is 1. The molecular weight excluding hydrogens is 1030 g/mol. The average molecular weight is 1150 g/mol. The zero-order valence-corrected chi connectivity index (χ0v) is 48.8. The van der Waals surface area contributed by atoms with E-state index in [1.54, 1.807) is 6.08 Å². The summed E-state index contributed by atoms with van der Waals surface area (Å²) < 4.78 is 34.1. The average Bonchev–Trinajstić information content (AvgIpc) is 3.55. The predicted molar refractivity (Wildman–Crippen MR) is 305 cm³/mol. The maximum Gasteiger partial charge on any atom is 0.220 e. The second-order valence-corrected chi connectivity index (χ2v) is 22.5. The molecule has 0 aromatic rings. The van der Waals surface area contributed by atoms with E-state index in [9.17, 15) is 61.0 Å². The zero-order chi connectivity index (χ0) is 58.3. The Hall–Kier alpha value is -1.99. The summed E-state index contributed by atoms with van der Waals surface area (Å²) in [6.07, 6.45) is 21.9. The zero-order valence-electron chi connectivity index (χ0n) is 48.8. The maximum atomic E-state index is 13.3. The summed E-state index contributed by atoms with van der Waals surface area (Å²) in [5, 5.41) is 120. The molecule has 0 bridgehead atoms. The fraction of sp³-hybridized carbons (Fsp3) is 0.885. The van der Waals surface area contributed by atoms with Gasteiger partial charge in [-0.1, -0.05) is 204 Å². The van der Waals surface area contributed by atoms with Gasteiger partial charge in [-0.25, -0.2) is 0 Å². The summed E-state index contributed by atoms with van der Waals surface area (Å²) >= 11 is 0. The smallest absolute Gasteiger partial charge is 0.220 e. The summed E-state index contributed by atoms with van der Waals surface area (Å²) in [6, 6.07) is -0.991. The second-order valence-electron chi connectivity index (χ2n) is 22.5. The Kier molecular flexibility index (Phi) is 40.2. The van der Waals surface area contributed by atoms with Gasteiger partial charge < -0.3 is 89.9 Å². The van der Waals surface area contributed by atoms with Gasteiger partial charge in [0.15, 0.2) is 18.9 Å². The lowest BCUT2D eigenvalue weighted by Crippen LogP contribution is -2.66. The van der Waals surface area contributed by atoms with Gasteiger partial charge in [0.05, 0.1) is 38.6 Å². The third-order valence-corrected chi connectivity index (χ3v) is 15.8. The van der Waals surface area contributed by atoms with E-state index < -0.39 is 124 Å². The Morgan fingerprint density at radius 2 is 0.825 bits per heavy atom. The normalized spacial score (nSPS) is 30.2. The molecule has 19 heteroatoms. The second kappa shape index (κ2) is 44.5. The van der Waals surface area contributed by atoms with Crippen molar-refractivity contribution in [2.75, 3.05) is 26.4 Å². The maximum absolute atomic E-state index is 13.3. The molecule has 3 fully saturated rings. The van der Waals surface area contributed by atoms with E-state index in [1.807, 2.05) is 19.1 Å². The molecule has 17 unspecified atom stereocenters. The number of allylic oxidation sites excluding steroid dienone is 5. The van der Waals surface area contributed by atoms with Crippen LogP contribution < -0.4 is 5.32 Å². The summed E-state index contributed by atoms with van der Waals surface area (Å²) in [5.41, 5.74) is 0. The number of hydrogen-bond acceptors (Lipinski definition) is 18. The van der Waals surface area contributed by atoms with E-state index in [0.29, 0.717) is 12.8 Å². The van der Waals surface area contributed by atoms with Crippen LogP contribution >= 0.6 is 0 Å². The van der Waals surface area contributed by atoms with Crippen molar-refractivity contribution >= 4 is 5.91 Å². The molecule has 3 aliphatic heterocycles. The van der Waals surface area contributed by atoms with Gasteiger partial charge in [0.1, 0.15) is 73.2 Å². The molecule has 3 rings (SSSR count). The first-order chi connectivity index (χ1) is 38.8. The van der Waals surface area contributed by atoms with Crippen LogP contribution in [0.25, 0.3) is 0 Å².